The van der Waals surface area contributed by atoms with E-state index in [1.165, 1.54) is 0 Å². The van der Waals surface area contributed by atoms with E-state index in [4.69, 9.17) is 0 Å². The van der Waals surface area contributed by atoms with Crippen molar-refractivity contribution in [1.82, 2.24) is 25.5 Å². The molecule has 2 saturated heterocycles. The number of anilines is 1. The number of amides is 4. The second kappa shape index (κ2) is 6.59. The van der Waals surface area contributed by atoms with Gasteiger partial charge < -0.3 is 15.1 Å². The van der Waals surface area contributed by atoms with Gasteiger partial charge in [-0.2, -0.15) is 0 Å². The summed E-state index contributed by atoms with van der Waals surface area (Å²) in [5.74, 6) is 0.0740. The standard InChI is InChI=1S/C14H18N6O3/c21-11(9-10-12(22)18-14(23)17-10)19-5-2-6-20(8-7-19)13-15-3-1-4-16-13/h1,3-4,10H,2,5-9H2,(H2,17,18,22,23). The third-order valence-electron chi connectivity index (χ3n) is 3.92. The average molecular weight is 318 g/mol. The van der Waals surface area contributed by atoms with Crippen LogP contribution in [0, 0.1) is 0 Å². The van der Waals surface area contributed by atoms with Crippen LogP contribution in [0.2, 0.25) is 0 Å². The molecule has 0 spiro atoms. The second-order valence-corrected chi connectivity index (χ2v) is 5.49. The lowest BCUT2D eigenvalue weighted by Gasteiger charge is -2.22. The van der Waals surface area contributed by atoms with Crippen molar-refractivity contribution in [3.05, 3.63) is 18.5 Å². The number of nitrogens with zero attached hydrogens (tertiary/aromatic N) is 4. The number of imide groups is 1. The van der Waals surface area contributed by atoms with Gasteiger partial charge in [0.15, 0.2) is 0 Å². The monoisotopic (exact) mass is 318 g/mol. The van der Waals surface area contributed by atoms with Crippen LogP contribution in [0.1, 0.15) is 12.8 Å². The molecule has 1 aromatic heterocycles. The van der Waals surface area contributed by atoms with Crippen molar-refractivity contribution < 1.29 is 14.4 Å². The number of carbonyl (C=O) groups excluding carboxylic acids is 3. The molecule has 23 heavy (non-hydrogen) atoms. The summed E-state index contributed by atoms with van der Waals surface area (Å²) in [4.78, 5) is 47.2. The summed E-state index contributed by atoms with van der Waals surface area (Å²) in [6.07, 6.45) is 4.17. The zero-order valence-corrected chi connectivity index (χ0v) is 12.6. The molecule has 0 aromatic carbocycles. The number of hydrogen-bond donors (Lipinski definition) is 2. The molecule has 2 N–H and O–H groups in total. The minimum atomic E-state index is -0.771. The smallest absolute Gasteiger partial charge is 0.322 e. The fourth-order valence-electron chi connectivity index (χ4n) is 2.73. The minimum absolute atomic E-state index is 0.0145. The van der Waals surface area contributed by atoms with Crippen LogP contribution in [0.3, 0.4) is 0 Å². The van der Waals surface area contributed by atoms with Gasteiger partial charge in [0.2, 0.25) is 11.9 Å². The molecule has 2 fully saturated rings. The quantitative estimate of drug-likeness (QED) is 0.700. The zero-order chi connectivity index (χ0) is 16.2. The Morgan fingerprint density at radius 1 is 1.17 bits per heavy atom. The van der Waals surface area contributed by atoms with Crippen LogP contribution in [-0.4, -0.2) is 64.9 Å². The van der Waals surface area contributed by atoms with Crippen LogP contribution < -0.4 is 15.5 Å². The summed E-state index contributed by atoms with van der Waals surface area (Å²) >= 11 is 0. The number of aromatic nitrogens is 2. The van der Waals surface area contributed by atoms with Gasteiger partial charge in [-0.3, -0.25) is 14.9 Å². The third-order valence-corrected chi connectivity index (χ3v) is 3.92. The lowest BCUT2D eigenvalue weighted by molar-refractivity contribution is -0.133. The van der Waals surface area contributed by atoms with E-state index in [1.54, 1.807) is 23.4 Å². The molecule has 0 bridgehead atoms. The van der Waals surface area contributed by atoms with Crippen molar-refractivity contribution in [2.24, 2.45) is 0 Å². The maximum absolute atomic E-state index is 12.3. The van der Waals surface area contributed by atoms with Crippen LogP contribution >= 0.6 is 0 Å². The fourth-order valence-corrected chi connectivity index (χ4v) is 2.73. The Morgan fingerprint density at radius 3 is 2.65 bits per heavy atom. The Balaban J connectivity index is 1.56. The van der Waals surface area contributed by atoms with Crippen molar-refractivity contribution in [3.63, 3.8) is 0 Å². The van der Waals surface area contributed by atoms with Gasteiger partial charge in [-0.25, -0.2) is 14.8 Å². The molecule has 4 amide bonds. The highest BCUT2D eigenvalue weighted by Gasteiger charge is 2.33. The van der Waals surface area contributed by atoms with E-state index >= 15 is 0 Å². The minimum Gasteiger partial charge on any atom is -0.341 e. The van der Waals surface area contributed by atoms with Crippen LogP contribution in [-0.2, 0) is 9.59 Å². The van der Waals surface area contributed by atoms with Gasteiger partial charge in [0, 0.05) is 38.6 Å². The van der Waals surface area contributed by atoms with Crippen LogP contribution in [0.25, 0.3) is 0 Å². The van der Waals surface area contributed by atoms with Gasteiger partial charge in [-0.1, -0.05) is 0 Å². The summed E-state index contributed by atoms with van der Waals surface area (Å²) in [5.41, 5.74) is 0. The van der Waals surface area contributed by atoms with Crippen molar-refractivity contribution in [1.29, 1.82) is 0 Å². The first-order valence-corrected chi connectivity index (χ1v) is 7.54. The molecule has 1 unspecified atom stereocenters. The number of nitrogens with one attached hydrogen (secondary N) is 2. The van der Waals surface area contributed by atoms with Crippen LogP contribution in [0.5, 0.6) is 0 Å². The predicted octanol–water partition coefficient (Wildman–Crippen LogP) is -0.887. The molecule has 0 aliphatic carbocycles. The molecule has 1 atom stereocenters. The third kappa shape index (κ3) is 3.55. The maximum atomic E-state index is 12.3. The molecule has 0 radical (unpaired) electrons. The Kier molecular flexibility index (Phi) is 4.35. The van der Waals surface area contributed by atoms with Crippen molar-refractivity contribution in [2.45, 2.75) is 18.9 Å². The predicted molar refractivity (Wildman–Crippen MR) is 80.5 cm³/mol. The van der Waals surface area contributed by atoms with E-state index in [0.29, 0.717) is 25.6 Å². The van der Waals surface area contributed by atoms with Gasteiger partial charge in [0.25, 0.3) is 5.91 Å². The Morgan fingerprint density at radius 2 is 1.96 bits per heavy atom. The molecule has 9 nitrogen and oxygen atoms in total. The SMILES string of the molecule is O=C1NC(=O)C(CC(=O)N2CCCN(c3ncccn3)CC2)N1. The van der Waals surface area contributed by atoms with E-state index < -0.39 is 18.0 Å². The van der Waals surface area contributed by atoms with Crippen LogP contribution in [0.15, 0.2) is 18.5 Å². The van der Waals surface area contributed by atoms with E-state index in [1.807, 2.05) is 4.90 Å². The average Bonchev–Trinajstić information content (AvgIpc) is 2.76. The first-order valence-electron chi connectivity index (χ1n) is 7.54. The van der Waals surface area contributed by atoms with E-state index in [0.717, 1.165) is 13.0 Å². The fraction of sp³-hybridized carbons (Fsp3) is 0.500. The number of hydrogen-bond acceptors (Lipinski definition) is 6. The maximum Gasteiger partial charge on any atom is 0.322 e. The molecule has 1 aromatic rings. The number of urea groups is 1. The molecular formula is C14H18N6O3. The molecule has 2 aliphatic rings. The van der Waals surface area contributed by atoms with Gasteiger partial charge in [-0.05, 0) is 12.5 Å². The lowest BCUT2D eigenvalue weighted by atomic mass is 10.2. The van der Waals surface area contributed by atoms with Gasteiger partial charge in [-0.15, -0.1) is 0 Å². The Hall–Kier alpha value is -2.71. The molecule has 3 rings (SSSR count). The molecule has 0 saturated carbocycles. The van der Waals surface area contributed by atoms with Crippen molar-refractivity contribution >= 4 is 23.8 Å². The zero-order valence-electron chi connectivity index (χ0n) is 12.6. The number of carbonyl (C=O) groups is 3. The van der Waals surface area contributed by atoms with Gasteiger partial charge in [0.05, 0.1) is 6.42 Å². The van der Waals surface area contributed by atoms with Crippen molar-refractivity contribution in [3.8, 4) is 0 Å². The highest BCUT2D eigenvalue weighted by Crippen LogP contribution is 2.12. The Bertz CT molecular complexity index is 608. The highest BCUT2D eigenvalue weighted by atomic mass is 16.2. The topological polar surface area (TPSA) is 108 Å². The highest BCUT2D eigenvalue weighted by molar-refractivity contribution is 6.05. The Labute approximate surface area is 133 Å². The number of rotatable bonds is 3. The molecule has 3 heterocycles. The molecule has 9 heteroatoms. The summed E-state index contributed by atoms with van der Waals surface area (Å²) < 4.78 is 0. The van der Waals surface area contributed by atoms with E-state index in [2.05, 4.69) is 20.6 Å². The summed E-state index contributed by atoms with van der Waals surface area (Å²) in [5, 5.41) is 4.58. The lowest BCUT2D eigenvalue weighted by Crippen LogP contribution is -2.40. The van der Waals surface area contributed by atoms with Crippen molar-refractivity contribution in [2.75, 3.05) is 31.1 Å². The first-order chi connectivity index (χ1) is 11.1. The van der Waals surface area contributed by atoms with E-state index in [9.17, 15) is 14.4 Å². The second-order valence-electron chi connectivity index (χ2n) is 5.49. The first kappa shape index (κ1) is 15.2. The molecular weight excluding hydrogens is 300 g/mol. The summed E-state index contributed by atoms with van der Waals surface area (Å²) in [6, 6.07) is 0.445. The van der Waals surface area contributed by atoms with Gasteiger partial charge in [0.1, 0.15) is 6.04 Å². The summed E-state index contributed by atoms with van der Waals surface area (Å²) in [6.45, 7) is 2.57. The molecule has 2 aliphatic heterocycles. The normalized spacial score (nSPS) is 21.7. The van der Waals surface area contributed by atoms with E-state index in [-0.39, 0.29) is 12.3 Å². The van der Waals surface area contributed by atoms with Gasteiger partial charge >= 0.3 is 6.03 Å². The molecule has 122 valence electrons. The van der Waals surface area contributed by atoms with Crippen LogP contribution in [0.4, 0.5) is 10.7 Å². The summed E-state index contributed by atoms with van der Waals surface area (Å²) in [7, 11) is 0. The largest absolute Gasteiger partial charge is 0.341 e.